The number of nitrogens with zero attached hydrogens (tertiary/aromatic N) is 8. The van der Waals surface area contributed by atoms with E-state index in [-0.39, 0.29) is 29.8 Å². The predicted octanol–water partition coefficient (Wildman–Crippen LogP) is 22.4. The van der Waals surface area contributed by atoms with Gasteiger partial charge >= 0.3 is 0 Å². The first-order valence-corrected chi connectivity index (χ1v) is 36.6. The van der Waals surface area contributed by atoms with Crippen molar-refractivity contribution in [3.8, 4) is 45.0 Å². The SMILES string of the molecule is Cc1cc(-c2c(C)ccc3c2oc2ncccc23)[n+](C)cc1C(C)C.Cc1cc(-c2c(C)ccc3c2oc2ncccc23)[n+](C)cc1C(C)C.Cc1ccc2c(n1)oc1c(-c3cc(C)c(C(C)C)c[n+]3C)c(C)ccc12.[2H]C([2H])([2H])c1c[n+](C)c(-c2c(C)ccc3c2oc2nc(C4([2H])C([2H])([2H])CCCC4([2H])[2H])ccc23)cc1C. The summed E-state index contributed by atoms with van der Waals surface area (Å²) in [4.78, 5) is 17.9. The molecule has 532 valence electrons. The molecule has 1 aliphatic rings. The normalized spacial score (nSPS) is 15.3. The first kappa shape index (κ1) is 61.7. The third-order valence-corrected chi connectivity index (χ3v) is 21.0. The average Bonchev–Trinajstić information content (AvgIpc) is 1.72. The van der Waals surface area contributed by atoms with Gasteiger partial charge in [0.05, 0.1) is 22.3 Å². The number of rotatable bonds is 8. The van der Waals surface area contributed by atoms with Crippen LogP contribution in [0, 0.1) is 69.2 Å². The van der Waals surface area contributed by atoms with Gasteiger partial charge < -0.3 is 17.7 Å². The van der Waals surface area contributed by atoms with E-state index in [2.05, 4.69) is 229 Å². The molecule has 0 bridgehead atoms. The van der Waals surface area contributed by atoms with E-state index in [4.69, 9.17) is 28.6 Å². The van der Waals surface area contributed by atoms with Gasteiger partial charge in [-0.2, -0.15) is 0 Å². The van der Waals surface area contributed by atoms with Crippen LogP contribution in [0.2, 0.25) is 0 Å². The zero-order chi connectivity index (χ0) is 81.1. The third kappa shape index (κ3) is 13.4. The highest BCUT2D eigenvalue weighted by Crippen LogP contribution is 2.43. The molecule has 0 N–H and O–H groups in total. The molecule has 17 rings (SSSR count). The smallest absolute Gasteiger partial charge is 0.227 e. The molecule has 1 saturated carbocycles. The Labute approximate surface area is 628 Å². The van der Waals surface area contributed by atoms with Crippen LogP contribution in [-0.2, 0) is 28.2 Å². The molecule has 0 aliphatic heterocycles. The lowest BCUT2D eigenvalue weighted by atomic mass is 9.86. The van der Waals surface area contributed by atoms with E-state index in [9.17, 15) is 0 Å². The molecule has 12 nitrogen and oxygen atoms in total. The molecule has 105 heavy (non-hydrogen) atoms. The van der Waals surface area contributed by atoms with Crippen molar-refractivity contribution >= 4 is 88.3 Å². The monoisotopic (exact) mass is 1400 g/mol. The van der Waals surface area contributed by atoms with E-state index in [0.717, 1.165) is 93.7 Å². The van der Waals surface area contributed by atoms with E-state index in [1.807, 2.05) is 50.2 Å². The van der Waals surface area contributed by atoms with E-state index >= 15 is 0 Å². The Hall–Kier alpha value is -10.7. The van der Waals surface area contributed by atoms with Crippen molar-refractivity contribution in [1.82, 2.24) is 19.9 Å². The van der Waals surface area contributed by atoms with Gasteiger partial charge in [0.1, 0.15) is 28.2 Å². The molecule has 1 fully saturated rings. The van der Waals surface area contributed by atoms with Crippen LogP contribution in [0.15, 0.2) is 176 Å². The largest absolute Gasteiger partial charge is 0.437 e. The van der Waals surface area contributed by atoms with Gasteiger partial charge in [0.2, 0.25) is 45.6 Å². The summed E-state index contributed by atoms with van der Waals surface area (Å²) in [6, 6.07) is 40.9. The Morgan fingerprint density at radius 3 is 1.09 bits per heavy atom. The topological polar surface area (TPSA) is 120 Å². The second-order valence-corrected chi connectivity index (χ2v) is 29.6. The Balaban J connectivity index is 0.000000127. The lowest BCUT2D eigenvalue weighted by molar-refractivity contribution is -0.661. The van der Waals surface area contributed by atoms with Crippen molar-refractivity contribution in [2.45, 2.75) is 166 Å². The molecule has 12 heterocycles. The van der Waals surface area contributed by atoms with Gasteiger partial charge in [0.25, 0.3) is 0 Å². The van der Waals surface area contributed by atoms with Crippen molar-refractivity contribution in [2.24, 2.45) is 28.2 Å². The molecular formula is C93H100N8O4+4. The van der Waals surface area contributed by atoms with E-state index in [0.29, 0.717) is 57.8 Å². The highest BCUT2D eigenvalue weighted by atomic mass is 16.4. The van der Waals surface area contributed by atoms with Crippen LogP contribution >= 0.6 is 0 Å². The van der Waals surface area contributed by atoms with Crippen LogP contribution in [0.4, 0.5) is 0 Å². The van der Waals surface area contributed by atoms with E-state index in [1.165, 1.54) is 67.2 Å². The van der Waals surface area contributed by atoms with E-state index in [1.54, 1.807) is 49.3 Å². The van der Waals surface area contributed by atoms with Crippen LogP contribution in [0.3, 0.4) is 0 Å². The molecule has 0 amide bonds. The Kier molecular flexibility index (Phi) is 16.9. The number of furan rings is 4. The van der Waals surface area contributed by atoms with E-state index < -0.39 is 25.5 Å². The Morgan fingerprint density at radius 2 is 0.705 bits per heavy atom. The van der Waals surface area contributed by atoms with Crippen LogP contribution < -0.4 is 18.3 Å². The second kappa shape index (κ2) is 28.7. The predicted molar refractivity (Wildman–Crippen MR) is 428 cm³/mol. The van der Waals surface area contributed by atoms with Crippen LogP contribution in [-0.4, -0.2) is 19.9 Å². The number of hydrogen-bond donors (Lipinski definition) is 0. The summed E-state index contributed by atoms with van der Waals surface area (Å²) in [6.45, 7) is 29.9. The highest BCUT2D eigenvalue weighted by Gasteiger charge is 2.29. The Bertz CT molecular complexity index is 6280. The fourth-order valence-corrected chi connectivity index (χ4v) is 15.3. The maximum atomic E-state index is 9.01. The summed E-state index contributed by atoms with van der Waals surface area (Å²) in [7, 11) is 8.13. The third-order valence-electron chi connectivity index (χ3n) is 21.0. The van der Waals surface area contributed by atoms with Gasteiger partial charge in [-0.3, -0.25) is 0 Å². The minimum absolute atomic E-state index is 0.00968. The van der Waals surface area contributed by atoms with Crippen LogP contribution in [0.1, 0.15) is 186 Å². The first-order chi connectivity index (χ1) is 53.4. The quantitative estimate of drug-likeness (QED) is 0.138. The molecule has 16 aromatic rings. The summed E-state index contributed by atoms with van der Waals surface area (Å²) in [5.41, 5.74) is 28.6. The molecule has 0 spiro atoms. The minimum Gasteiger partial charge on any atom is -0.437 e. The van der Waals surface area contributed by atoms with Gasteiger partial charge in [-0.05, 0) is 193 Å². The fourth-order valence-electron chi connectivity index (χ4n) is 15.3. The maximum Gasteiger partial charge on any atom is 0.227 e. The summed E-state index contributed by atoms with van der Waals surface area (Å²) in [5, 5.41) is 8.03. The minimum atomic E-state index is -2.23. The summed E-state index contributed by atoms with van der Waals surface area (Å²) < 4.78 is 99.7. The summed E-state index contributed by atoms with van der Waals surface area (Å²) >= 11 is 0. The first-order valence-electron chi connectivity index (χ1n) is 40.6. The zero-order valence-corrected chi connectivity index (χ0v) is 64.1. The number of hydrogen-bond acceptors (Lipinski definition) is 8. The van der Waals surface area contributed by atoms with Gasteiger partial charge in [-0.15, -0.1) is 0 Å². The molecule has 12 aromatic heterocycles. The molecular weight excluding hydrogens is 1290 g/mol. The Morgan fingerprint density at radius 1 is 0.371 bits per heavy atom. The lowest BCUT2D eigenvalue weighted by Crippen LogP contribution is -2.32. The van der Waals surface area contributed by atoms with Gasteiger partial charge in [0, 0.05) is 130 Å². The summed E-state index contributed by atoms with van der Waals surface area (Å²) in [6.07, 6.45) is 8.25. The van der Waals surface area contributed by atoms with Gasteiger partial charge in [0.15, 0.2) is 47.1 Å². The van der Waals surface area contributed by atoms with Crippen molar-refractivity contribution in [3.05, 3.63) is 237 Å². The number of aryl methyl sites for hydroxylation is 14. The van der Waals surface area contributed by atoms with Crippen LogP contribution in [0.5, 0.6) is 0 Å². The highest BCUT2D eigenvalue weighted by molar-refractivity contribution is 6.12. The number of aromatic nitrogens is 8. The fraction of sp³-hybridized carbons (Fsp3) is 0.312. The zero-order valence-electron chi connectivity index (χ0n) is 72.1. The number of benzene rings is 4. The number of fused-ring (bicyclic) bond motifs is 12. The lowest BCUT2D eigenvalue weighted by Gasteiger charge is -2.20. The summed E-state index contributed by atoms with van der Waals surface area (Å²) in [5.74, 6) is -0.663. The van der Waals surface area contributed by atoms with Crippen molar-refractivity contribution in [1.29, 1.82) is 0 Å². The van der Waals surface area contributed by atoms with Crippen molar-refractivity contribution in [2.75, 3.05) is 0 Å². The average molecular weight is 1400 g/mol. The molecule has 1 aliphatic carbocycles. The second-order valence-electron chi connectivity index (χ2n) is 29.6. The molecule has 0 unspecified atom stereocenters. The molecule has 0 radical (unpaired) electrons. The molecule has 12 heteroatoms. The molecule has 0 saturated heterocycles. The molecule has 0 atom stereocenters. The maximum absolute atomic E-state index is 9.01. The number of pyridine rings is 8. The van der Waals surface area contributed by atoms with Gasteiger partial charge in [-0.1, -0.05) is 109 Å². The van der Waals surface area contributed by atoms with Crippen molar-refractivity contribution < 1.29 is 46.9 Å². The standard InChI is InChI=1S/C26H29N2O.C23H25N2O.2C22H23N2O/c1-16-10-11-20-21-12-13-22(19-8-6-5-7-9-19)27-26(21)29-25(20)24(16)23-14-17(2)18(3)15-28(23)4;1-13(2)19-12-25(6)20(11-15(19)4)21-14(3)7-9-17-18-10-8-16(5)24-23(18)26-22(17)21;2*1-13(2)18-12-24(5)19(11-15(18)4)20-14(3)8-9-16-17-7-6-10-23-22(17)25-21(16)20/h10-15,19H,5-9H2,1-4H3;7-13H,1-6H3;2*6-13H,1-5H3/q4*+1/i3D3,8D2,9D2,19D;;;. The van der Waals surface area contributed by atoms with Crippen molar-refractivity contribution in [3.63, 3.8) is 0 Å². The van der Waals surface area contributed by atoms with Gasteiger partial charge in [-0.25, -0.2) is 38.2 Å². The molecule has 4 aromatic carbocycles. The van der Waals surface area contributed by atoms with Crippen LogP contribution in [0.25, 0.3) is 133 Å².